The molecule has 0 fully saturated rings. The minimum absolute atomic E-state index is 1.00. The van der Waals surface area contributed by atoms with Crippen LogP contribution in [-0.4, -0.2) is 117 Å². The molecule has 0 heterocycles. The quantitative estimate of drug-likeness (QED) is 0.396. The summed E-state index contributed by atoms with van der Waals surface area (Å²) in [6, 6.07) is 0. The largest absolute Gasteiger partial charge is 0.317 e. The predicted octanol–water partition coefficient (Wildman–Crippen LogP) is -0.715. The van der Waals surface area contributed by atoms with E-state index in [1.165, 1.54) is 7.05 Å². The molecule has 0 amide bonds. The topological polar surface area (TPSA) is 123 Å². The van der Waals surface area contributed by atoms with Gasteiger partial charge in [0.2, 0.25) is 0 Å². The van der Waals surface area contributed by atoms with Gasteiger partial charge >= 0.3 is 0 Å². The molecule has 0 aliphatic heterocycles. The Morgan fingerprint density at radius 1 is 0.640 bits per heavy atom. The van der Waals surface area contributed by atoms with Crippen molar-refractivity contribution >= 4 is 0 Å². The van der Waals surface area contributed by atoms with Gasteiger partial charge in [-0.05, 0) is 0 Å². The Bertz CT molecular complexity index is 140. The van der Waals surface area contributed by atoms with Crippen molar-refractivity contribution in [1.29, 1.82) is 0 Å². The van der Waals surface area contributed by atoms with E-state index < -0.39 is 0 Å². The normalized spacial score (nSPS) is 8.40. The van der Waals surface area contributed by atoms with E-state index in [0.29, 0.717) is 0 Å². The van der Waals surface area contributed by atoms with Gasteiger partial charge in [-0.25, -0.2) is 16.4 Å². The Morgan fingerprint density at radius 2 is 0.720 bits per heavy atom. The molecule has 0 radical (unpaired) electrons. The van der Waals surface area contributed by atoms with Crippen molar-refractivity contribution in [2.45, 2.75) is 0 Å². The van der Waals surface area contributed by atoms with Crippen LogP contribution < -0.4 is 16.4 Å². The molecule has 0 rings (SSSR count). The summed E-state index contributed by atoms with van der Waals surface area (Å²) in [6.07, 6.45) is 0. The fraction of sp³-hybridized carbons (Fsp3) is 1.00. The van der Waals surface area contributed by atoms with Gasteiger partial charge in [-0.1, -0.05) is 0 Å². The van der Waals surface area contributed by atoms with Crippen molar-refractivity contribution < 1.29 is 29.8 Å². The van der Waals surface area contributed by atoms with Crippen molar-refractivity contribution in [3.63, 3.8) is 0 Å². The van der Waals surface area contributed by atoms with Crippen LogP contribution in [0.25, 0.3) is 0 Å². The lowest BCUT2D eigenvalue weighted by molar-refractivity contribution is -0.0856. The monoisotopic (exact) mass is 380 g/mol. The van der Waals surface area contributed by atoms with Gasteiger partial charge in [0.25, 0.3) is 0 Å². The zero-order valence-electron chi connectivity index (χ0n) is 18.4. The highest BCUT2D eigenvalue weighted by Gasteiger charge is 1.71. The Morgan fingerprint density at radius 3 is 0.720 bits per heavy atom. The Hall–Kier alpha value is -0.480. The molecule has 5 N–H and O–H groups in total. The second-order valence-electron chi connectivity index (χ2n) is 3.88. The minimum Gasteiger partial charge on any atom is -0.317 e. The molecule has 12 nitrogen and oxygen atoms in total. The van der Waals surface area contributed by atoms with Gasteiger partial charge in [0.1, 0.15) is 0 Å². The van der Waals surface area contributed by atoms with E-state index in [2.05, 4.69) is 30.3 Å². The zero-order valence-corrected chi connectivity index (χ0v) is 18.4. The summed E-state index contributed by atoms with van der Waals surface area (Å²) in [7, 11) is 21.7. The maximum absolute atomic E-state index is 7.89. The first kappa shape index (κ1) is 39.5. The molecule has 0 aromatic rings. The lowest BCUT2D eigenvalue weighted by Crippen LogP contribution is -2.07. The zero-order chi connectivity index (χ0) is 21.7. The maximum Gasteiger partial charge on any atom is 0.0574 e. The van der Waals surface area contributed by atoms with Crippen LogP contribution in [0.5, 0.6) is 0 Å². The van der Waals surface area contributed by atoms with Crippen molar-refractivity contribution in [2.24, 2.45) is 0 Å². The van der Waals surface area contributed by atoms with Crippen LogP contribution in [0.15, 0.2) is 0 Å². The predicted molar refractivity (Wildman–Crippen MR) is 99.8 cm³/mol. The molecular formula is C13H44N6O6. The number of hydrogen-bond donors (Lipinski definition) is 5. The van der Waals surface area contributed by atoms with Crippen LogP contribution in [0, 0.1) is 0 Å². The molecule has 0 atom stereocenters. The van der Waals surface area contributed by atoms with Gasteiger partial charge in [-0.2, -0.15) is 15.2 Å². The van der Waals surface area contributed by atoms with Crippen LogP contribution >= 0.6 is 0 Å². The van der Waals surface area contributed by atoms with E-state index in [0.717, 1.165) is 5.06 Å². The van der Waals surface area contributed by atoms with Crippen LogP contribution in [0.4, 0.5) is 0 Å². The second kappa shape index (κ2) is 49.5. The summed E-state index contributed by atoms with van der Waals surface area (Å²) in [6.45, 7) is 0. The summed E-state index contributed by atoms with van der Waals surface area (Å²) >= 11 is 0. The van der Waals surface area contributed by atoms with Gasteiger partial charge in [-0.3, -0.25) is 0 Å². The molecule has 0 spiro atoms. The van der Waals surface area contributed by atoms with Crippen molar-refractivity contribution in [3.8, 4) is 0 Å². The lowest BCUT2D eigenvalue weighted by atomic mass is 11.2. The number of hydroxylamine groups is 9. The molecule has 0 bridgehead atoms. The summed E-state index contributed by atoms with van der Waals surface area (Å²) in [5.74, 6) is 0. The highest BCUT2D eigenvalue weighted by Crippen LogP contribution is 1.64. The average molecular weight is 381 g/mol. The molecule has 0 saturated heterocycles. The van der Waals surface area contributed by atoms with E-state index in [4.69, 9.17) is 10.4 Å². The third kappa shape index (κ3) is 357. The first-order valence-corrected chi connectivity index (χ1v) is 7.01. The second-order valence-corrected chi connectivity index (χ2v) is 3.88. The molecule has 25 heavy (non-hydrogen) atoms. The van der Waals surface area contributed by atoms with E-state index in [-0.39, 0.29) is 0 Å². The summed E-state index contributed by atoms with van der Waals surface area (Å²) in [5.41, 5.74) is 6.61. The summed E-state index contributed by atoms with van der Waals surface area (Å²) < 4.78 is 0. The number of hydrogen-bond acceptors (Lipinski definition) is 12. The van der Waals surface area contributed by atoms with Gasteiger partial charge < -0.3 is 29.8 Å². The smallest absolute Gasteiger partial charge is 0.0574 e. The van der Waals surface area contributed by atoms with Gasteiger partial charge in [0, 0.05) is 63.4 Å². The van der Waals surface area contributed by atoms with Crippen LogP contribution in [0.3, 0.4) is 0 Å². The SMILES string of the molecule is CN(C)O.CNO.CNOC.CNOC.CON(C)C.CON(C)C. The first-order valence-electron chi connectivity index (χ1n) is 7.01. The first-order chi connectivity index (χ1) is 11.5. The third-order valence-corrected chi connectivity index (χ3v) is 1.14. The molecular weight excluding hydrogens is 336 g/mol. The molecule has 0 unspecified atom stereocenters. The lowest BCUT2D eigenvalue weighted by Gasteiger charge is -2.01. The van der Waals surface area contributed by atoms with Crippen LogP contribution in [-0.2, 0) is 19.4 Å². The molecule has 0 aromatic heterocycles. The molecule has 12 heteroatoms. The van der Waals surface area contributed by atoms with Crippen molar-refractivity contribution in [3.05, 3.63) is 0 Å². The highest BCUT2D eigenvalue weighted by atomic mass is 16.7. The maximum atomic E-state index is 7.89. The molecule has 0 aliphatic rings. The van der Waals surface area contributed by atoms with Crippen LogP contribution in [0.1, 0.15) is 0 Å². The molecule has 0 saturated carbocycles. The van der Waals surface area contributed by atoms with E-state index in [9.17, 15) is 0 Å². The Balaban J connectivity index is -0.0000000437. The number of nitrogens with one attached hydrogen (secondary N) is 3. The summed E-state index contributed by atoms with van der Waals surface area (Å²) in [5, 5.41) is 19.5. The van der Waals surface area contributed by atoms with E-state index in [1.54, 1.807) is 72.2 Å². The Kier molecular flexibility index (Phi) is 78.3. The number of nitrogens with zero attached hydrogens (tertiary/aromatic N) is 3. The van der Waals surface area contributed by atoms with E-state index >= 15 is 0 Å². The minimum atomic E-state index is 1.00. The van der Waals surface area contributed by atoms with Gasteiger partial charge in [0.15, 0.2) is 0 Å². The van der Waals surface area contributed by atoms with Gasteiger partial charge in [0.05, 0.1) is 28.4 Å². The van der Waals surface area contributed by atoms with E-state index in [1.807, 2.05) is 28.2 Å². The van der Waals surface area contributed by atoms with Crippen molar-refractivity contribution in [2.75, 3.05) is 91.9 Å². The fourth-order valence-corrected chi connectivity index (χ4v) is 0. The summed E-state index contributed by atoms with van der Waals surface area (Å²) in [4.78, 5) is 17.8. The number of rotatable bonds is 4. The Labute approximate surface area is 154 Å². The molecule has 162 valence electrons. The average Bonchev–Trinajstić information content (AvgIpc) is 2.55. The van der Waals surface area contributed by atoms with Crippen LogP contribution in [0.2, 0.25) is 0 Å². The fourth-order valence-electron chi connectivity index (χ4n) is 0. The highest BCUT2D eigenvalue weighted by molar-refractivity contribution is 3.98. The third-order valence-electron chi connectivity index (χ3n) is 1.14. The standard InChI is InChI=1S/2C3H9NO.3C2H7NO.CH5NO/c2*1-4(2)5-3;2*1-3-4-2;1-3(2)4;1-2-3/h2*1-3H3;2*3H,1-2H3;4H,1-2H3;2-3H,1H3. The molecule has 0 aromatic carbocycles. The molecule has 0 aliphatic carbocycles. The van der Waals surface area contributed by atoms with Crippen molar-refractivity contribution in [1.82, 2.24) is 31.6 Å². The van der Waals surface area contributed by atoms with Gasteiger partial charge in [-0.15, -0.1) is 0 Å².